The molecular weight excluding hydrogens is 284 g/mol. The lowest BCUT2D eigenvalue weighted by molar-refractivity contribution is 0.249. The third-order valence-electron chi connectivity index (χ3n) is 4.90. The highest BCUT2D eigenvalue weighted by Crippen LogP contribution is 2.28. The van der Waals surface area contributed by atoms with Crippen molar-refractivity contribution in [3.63, 3.8) is 0 Å². The summed E-state index contributed by atoms with van der Waals surface area (Å²) in [4.78, 5) is 5.06. The van der Waals surface area contributed by atoms with E-state index in [-0.39, 0.29) is 6.61 Å². The molecule has 116 valence electrons. The Hall–Kier alpha value is -0.770. The second-order valence-electron chi connectivity index (χ2n) is 6.37. The van der Waals surface area contributed by atoms with Crippen molar-refractivity contribution in [1.29, 1.82) is 0 Å². The fourth-order valence-corrected chi connectivity index (χ4v) is 3.80. The van der Waals surface area contributed by atoms with Crippen molar-refractivity contribution in [2.45, 2.75) is 32.3 Å². The van der Waals surface area contributed by atoms with E-state index in [1.807, 2.05) is 12.1 Å². The zero-order chi connectivity index (χ0) is 14.7. The first-order chi connectivity index (χ1) is 10.3. The lowest BCUT2D eigenvalue weighted by Gasteiger charge is -2.35. The number of benzene rings is 1. The Bertz CT molecular complexity index is 466. The molecule has 0 bridgehead atoms. The van der Waals surface area contributed by atoms with Gasteiger partial charge in [-0.1, -0.05) is 17.7 Å². The molecule has 0 saturated carbocycles. The van der Waals surface area contributed by atoms with E-state index in [4.69, 9.17) is 11.6 Å². The normalized spacial score (nSPS) is 21.1. The second kappa shape index (κ2) is 6.99. The Morgan fingerprint density at radius 2 is 1.81 bits per heavy atom. The molecule has 1 aromatic rings. The Morgan fingerprint density at radius 3 is 2.43 bits per heavy atom. The molecule has 0 spiro atoms. The van der Waals surface area contributed by atoms with Crippen LogP contribution < -0.4 is 4.90 Å². The predicted molar refractivity (Wildman–Crippen MR) is 88.0 cm³/mol. The van der Waals surface area contributed by atoms with Crippen molar-refractivity contribution < 1.29 is 5.11 Å². The van der Waals surface area contributed by atoms with Crippen LogP contribution in [0.5, 0.6) is 0 Å². The van der Waals surface area contributed by atoms with Gasteiger partial charge in [0.25, 0.3) is 0 Å². The van der Waals surface area contributed by atoms with E-state index in [9.17, 15) is 5.11 Å². The molecule has 2 aliphatic rings. The van der Waals surface area contributed by atoms with Gasteiger partial charge in [0.2, 0.25) is 0 Å². The van der Waals surface area contributed by atoms with Crippen molar-refractivity contribution in [3.05, 3.63) is 28.8 Å². The summed E-state index contributed by atoms with van der Waals surface area (Å²) >= 11 is 6.20. The first-order valence-corrected chi connectivity index (χ1v) is 8.50. The van der Waals surface area contributed by atoms with E-state index in [2.05, 4.69) is 15.9 Å². The van der Waals surface area contributed by atoms with E-state index in [1.54, 1.807) is 0 Å². The number of anilines is 1. The van der Waals surface area contributed by atoms with E-state index in [0.717, 1.165) is 24.6 Å². The average Bonchev–Trinajstić information content (AvgIpc) is 3.01. The van der Waals surface area contributed by atoms with Crippen LogP contribution in [0.1, 0.15) is 31.2 Å². The molecule has 0 unspecified atom stereocenters. The first kappa shape index (κ1) is 15.1. The van der Waals surface area contributed by atoms with Crippen LogP contribution in [-0.2, 0) is 6.61 Å². The molecule has 2 aliphatic heterocycles. The highest BCUT2D eigenvalue weighted by Gasteiger charge is 2.23. The molecule has 0 aromatic heterocycles. The number of aliphatic hydroxyl groups is 1. The Balaban J connectivity index is 1.54. The van der Waals surface area contributed by atoms with Crippen LogP contribution in [0.25, 0.3) is 0 Å². The highest BCUT2D eigenvalue weighted by atomic mass is 35.5. The minimum atomic E-state index is 0.0109. The second-order valence-corrected chi connectivity index (χ2v) is 6.78. The van der Waals surface area contributed by atoms with Crippen LogP contribution in [0.15, 0.2) is 18.2 Å². The smallest absolute Gasteiger partial charge is 0.0696 e. The Kier molecular flexibility index (Phi) is 5.04. The van der Waals surface area contributed by atoms with Gasteiger partial charge in [0.15, 0.2) is 0 Å². The quantitative estimate of drug-likeness (QED) is 0.925. The molecule has 0 atom stereocenters. The number of aliphatic hydroxyl groups excluding tert-OH is 1. The zero-order valence-corrected chi connectivity index (χ0v) is 13.4. The third kappa shape index (κ3) is 3.71. The molecule has 1 N–H and O–H groups in total. The highest BCUT2D eigenvalue weighted by molar-refractivity contribution is 6.31. The topological polar surface area (TPSA) is 26.7 Å². The van der Waals surface area contributed by atoms with Crippen molar-refractivity contribution in [1.82, 2.24) is 4.90 Å². The summed E-state index contributed by atoms with van der Waals surface area (Å²) < 4.78 is 0. The van der Waals surface area contributed by atoms with Gasteiger partial charge in [0.05, 0.1) is 6.61 Å². The van der Waals surface area contributed by atoms with Crippen LogP contribution in [0.2, 0.25) is 5.02 Å². The van der Waals surface area contributed by atoms with Crippen LogP contribution in [0, 0.1) is 5.92 Å². The van der Waals surface area contributed by atoms with Gasteiger partial charge in [-0.3, -0.25) is 0 Å². The third-order valence-corrected chi connectivity index (χ3v) is 5.25. The number of likely N-dealkylation sites (tertiary alicyclic amines) is 1. The molecule has 0 amide bonds. The summed E-state index contributed by atoms with van der Waals surface area (Å²) in [6, 6.07) is 6.01. The molecular formula is C17H25ClN2O. The molecule has 0 aliphatic carbocycles. The van der Waals surface area contributed by atoms with E-state index < -0.39 is 0 Å². The Labute approximate surface area is 132 Å². The summed E-state index contributed by atoms with van der Waals surface area (Å²) in [5, 5.41) is 9.86. The van der Waals surface area contributed by atoms with Crippen LogP contribution in [-0.4, -0.2) is 42.7 Å². The number of piperidine rings is 1. The summed E-state index contributed by atoms with van der Waals surface area (Å²) in [5.74, 6) is 0.853. The first-order valence-electron chi connectivity index (χ1n) is 8.13. The lowest BCUT2D eigenvalue weighted by Crippen LogP contribution is -2.38. The zero-order valence-electron chi connectivity index (χ0n) is 12.6. The maximum atomic E-state index is 9.19. The molecule has 4 heteroatoms. The van der Waals surface area contributed by atoms with Gasteiger partial charge in [0.1, 0.15) is 0 Å². The van der Waals surface area contributed by atoms with Gasteiger partial charge < -0.3 is 14.9 Å². The molecule has 3 nitrogen and oxygen atoms in total. The average molecular weight is 309 g/mol. The molecule has 21 heavy (non-hydrogen) atoms. The van der Waals surface area contributed by atoms with Crippen molar-refractivity contribution in [2.24, 2.45) is 5.92 Å². The van der Waals surface area contributed by atoms with Gasteiger partial charge in [-0.15, -0.1) is 0 Å². The monoisotopic (exact) mass is 308 g/mol. The molecule has 2 fully saturated rings. The maximum absolute atomic E-state index is 9.19. The van der Waals surface area contributed by atoms with Crippen molar-refractivity contribution in [2.75, 3.05) is 37.6 Å². The van der Waals surface area contributed by atoms with Gasteiger partial charge in [0, 0.05) is 30.3 Å². The van der Waals surface area contributed by atoms with Crippen LogP contribution >= 0.6 is 11.6 Å². The fraction of sp³-hybridized carbons (Fsp3) is 0.647. The van der Waals surface area contributed by atoms with Crippen LogP contribution in [0.3, 0.4) is 0 Å². The predicted octanol–water partition coefficient (Wildman–Crippen LogP) is 3.14. The molecule has 1 aromatic carbocycles. The minimum absolute atomic E-state index is 0.0109. The Morgan fingerprint density at radius 1 is 1.10 bits per heavy atom. The van der Waals surface area contributed by atoms with Gasteiger partial charge in [-0.25, -0.2) is 0 Å². The standard InChI is InChI=1S/C17H25ClN2O/c18-17-11-16(4-3-15(17)13-21)20-9-5-14(6-10-20)12-19-7-1-2-8-19/h3-4,11,14,21H,1-2,5-10,12-13H2. The SMILES string of the molecule is OCc1ccc(N2CCC(CN3CCCC3)CC2)cc1Cl. The van der Waals surface area contributed by atoms with E-state index in [1.165, 1.54) is 51.0 Å². The summed E-state index contributed by atoms with van der Waals surface area (Å²) in [7, 11) is 0. The molecule has 2 saturated heterocycles. The summed E-state index contributed by atoms with van der Waals surface area (Å²) in [6.07, 6.45) is 5.31. The number of halogens is 1. The van der Waals surface area contributed by atoms with Crippen LogP contribution in [0.4, 0.5) is 5.69 Å². The number of nitrogens with zero attached hydrogens (tertiary/aromatic N) is 2. The summed E-state index contributed by atoms with van der Waals surface area (Å²) in [5.41, 5.74) is 2.00. The van der Waals surface area contributed by atoms with Crippen molar-refractivity contribution in [3.8, 4) is 0 Å². The maximum Gasteiger partial charge on any atom is 0.0696 e. The fourth-order valence-electron chi connectivity index (χ4n) is 3.57. The molecule has 0 radical (unpaired) electrons. The number of hydrogen-bond acceptors (Lipinski definition) is 3. The number of rotatable bonds is 4. The van der Waals surface area contributed by atoms with Gasteiger partial charge in [-0.05, 0) is 62.4 Å². The largest absolute Gasteiger partial charge is 0.392 e. The lowest BCUT2D eigenvalue weighted by atomic mass is 9.96. The summed E-state index contributed by atoms with van der Waals surface area (Å²) in [6.45, 7) is 6.15. The number of hydrogen-bond donors (Lipinski definition) is 1. The van der Waals surface area contributed by atoms with Gasteiger partial charge >= 0.3 is 0 Å². The molecule has 3 rings (SSSR count). The molecule has 2 heterocycles. The minimum Gasteiger partial charge on any atom is -0.392 e. The van der Waals surface area contributed by atoms with Crippen molar-refractivity contribution >= 4 is 17.3 Å². The van der Waals surface area contributed by atoms with Gasteiger partial charge in [-0.2, -0.15) is 0 Å². The van der Waals surface area contributed by atoms with E-state index in [0.29, 0.717) is 5.02 Å². The van der Waals surface area contributed by atoms with E-state index >= 15 is 0 Å².